The minimum Gasteiger partial charge on any atom is -0.492 e. The number of hydrogen-bond donors (Lipinski definition) is 2. The van der Waals surface area contributed by atoms with Crippen LogP contribution < -0.4 is 18.9 Å². The van der Waals surface area contributed by atoms with E-state index in [1.807, 2.05) is 0 Å². The lowest BCUT2D eigenvalue weighted by Gasteiger charge is -2.16. The van der Waals surface area contributed by atoms with Crippen molar-refractivity contribution >= 4 is 87.2 Å². The van der Waals surface area contributed by atoms with E-state index in [4.69, 9.17) is 48.9 Å². The molecular weight excluding hydrogens is 993 g/mol. The normalized spacial score (nSPS) is 12.1. The van der Waals surface area contributed by atoms with Gasteiger partial charge in [-0.1, -0.05) is 150 Å². The summed E-state index contributed by atoms with van der Waals surface area (Å²) >= 11 is 0. The average Bonchev–Trinajstić information content (AvgIpc) is 4.29. The van der Waals surface area contributed by atoms with Crippen molar-refractivity contribution in [3.63, 3.8) is 0 Å². The summed E-state index contributed by atoms with van der Waals surface area (Å²) in [6.07, 6.45) is 7.41. The number of aromatic nitrogens is 8. The lowest BCUT2D eigenvalue weighted by atomic mass is 9.94. The van der Waals surface area contributed by atoms with Crippen molar-refractivity contribution in [1.29, 1.82) is 0 Å². The summed E-state index contributed by atoms with van der Waals surface area (Å²) in [6, 6.07) is 33.8. The Bertz CT molecular complexity index is 4500. The van der Waals surface area contributed by atoms with Gasteiger partial charge in [-0.2, -0.15) is 0 Å². The molecule has 0 amide bonds. The average molecular weight is 1060 g/mol. The number of H-pyrrole nitrogens is 2. The van der Waals surface area contributed by atoms with Gasteiger partial charge in [-0.25, -0.2) is 29.9 Å². The first-order valence-electron chi connectivity index (χ1n) is 28.8. The van der Waals surface area contributed by atoms with Crippen molar-refractivity contribution in [2.75, 3.05) is 26.4 Å². The molecule has 0 unspecified atom stereocenters. The molecule has 5 heterocycles. The third-order valence-electron chi connectivity index (χ3n) is 16.3. The van der Waals surface area contributed by atoms with Crippen molar-refractivity contribution in [3.8, 4) is 68.5 Å². The van der Waals surface area contributed by atoms with Crippen LogP contribution in [0.2, 0.25) is 0 Å². The lowest BCUT2D eigenvalue weighted by molar-refractivity contribution is 0.314. The summed E-state index contributed by atoms with van der Waals surface area (Å²) in [5, 5.41) is 11.6. The molecule has 12 nitrogen and oxygen atoms in total. The maximum Gasteiger partial charge on any atom is 0.168 e. The van der Waals surface area contributed by atoms with E-state index in [1.165, 1.54) is 0 Å². The maximum atomic E-state index is 7.00. The number of aryl methyl sites for hydroxylation is 4. The Hall–Kier alpha value is -8.64. The van der Waals surface area contributed by atoms with Crippen LogP contribution in [0.5, 0.6) is 23.0 Å². The molecule has 402 valence electrons. The van der Waals surface area contributed by atoms with Crippen LogP contribution >= 0.6 is 0 Å². The van der Waals surface area contributed by atoms with Gasteiger partial charge in [-0.15, -0.1) is 0 Å². The second kappa shape index (κ2) is 20.9. The van der Waals surface area contributed by atoms with Gasteiger partial charge in [-0.05, 0) is 97.2 Å². The van der Waals surface area contributed by atoms with Crippen LogP contribution in [0.1, 0.15) is 101 Å². The van der Waals surface area contributed by atoms with Gasteiger partial charge in [0.2, 0.25) is 0 Å². The fourth-order valence-electron chi connectivity index (χ4n) is 12.2. The molecule has 13 rings (SSSR count). The molecule has 2 N–H and O–H groups in total. The number of nitrogens with one attached hydrogen (secondary N) is 2. The molecule has 8 bridgehead atoms. The molecule has 0 saturated carbocycles. The van der Waals surface area contributed by atoms with Crippen LogP contribution in [0.4, 0.5) is 0 Å². The number of unbranched alkanes of at least 4 members (excludes halogenated alkanes) is 4. The maximum absolute atomic E-state index is 7.00. The number of nitrogens with zero attached hydrogens (tertiary/aromatic N) is 6. The van der Waals surface area contributed by atoms with E-state index in [0.717, 1.165) is 184 Å². The Balaban J connectivity index is 1.28. The zero-order valence-corrected chi connectivity index (χ0v) is 47.0. The van der Waals surface area contributed by atoms with Crippen molar-refractivity contribution in [1.82, 2.24) is 39.9 Å². The Morgan fingerprint density at radius 2 is 0.562 bits per heavy atom. The first-order chi connectivity index (χ1) is 39.2. The topological polar surface area (TPSA) is 146 Å². The molecule has 0 aliphatic carbocycles. The second-order valence-electron chi connectivity index (χ2n) is 21.4. The molecule has 0 saturated heterocycles. The van der Waals surface area contributed by atoms with Crippen molar-refractivity contribution in [3.05, 3.63) is 119 Å². The summed E-state index contributed by atoms with van der Waals surface area (Å²) in [7, 11) is 0. The summed E-state index contributed by atoms with van der Waals surface area (Å²) in [5.41, 5.74) is 9.65. The minimum absolute atomic E-state index is 0.459. The highest BCUT2D eigenvalue weighted by molar-refractivity contribution is 6.21. The first kappa shape index (κ1) is 50.8. The minimum atomic E-state index is 0.459. The molecule has 0 atom stereocenters. The molecule has 2 aliphatic heterocycles. The van der Waals surface area contributed by atoms with Gasteiger partial charge in [0.05, 0.1) is 48.3 Å². The fraction of sp³-hybridized carbons (Fsp3) is 0.294. The smallest absolute Gasteiger partial charge is 0.168 e. The van der Waals surface area contributed by atoms with Gasteiger partial charge in [0, 0.05) is 43.4 Å². The molecule has 3 aromatic heterocycles. The monoisotopic (exact) mass is 1060 g/mol. The van der Waals surface area contributed by atoms with E-state index in [0.29, 0.717) is 72.3 Å². The van der Waals surface area contributed by atoms with E-state index < -0.39 is 0 Å². The Morgan fingerprint density at radius 1 is 0.300 bits per heavy atom. The standard InChI is InChI=1S/C68H66N8O4/c1-9-13-33-77-57-45-29-21-17-25-41(45)37(5)49-53(57)65-70-61(49)69-62-50-38(6)42-26-18-22-30-46(42)58(78-34-14-10-2)54(50)66(71-62)73-64-52-40(8)44-28-20-24-32-48(44)60(80-36-16-12-4)56(52)68(75-64)76-67-55-51(63(72-65)74-67)39(7)43-27-19-23-31-47(43)59(55)79-35-15-11-3/h17-32H,9-16,33-36H2,1-8H3,(H2,69,70,71,72,73,74,75,76). The molecule has 11 aromatic rings. The van der Waals surface area contributed by atoms with Crippen LogP contribution in [0, 0.1) is 27.7 Å². The zero-order valence-electron chi connectivity index (χ0n) is 47.0. The summed E-state index contributed by atoms with van der Waals surface area (Å²) in [4.78, 5) is 41.6. The molecule has 0 radical (unpaired) electrons. The highest BCUT2D eigenvalue weighted by Gasteiger charge is 2.33. The van der Waals surface area contributed by atoms with E-state index in [9.17, 15) is 0 Å². The highest BCUT2D eigenvalue weighted by atomic mass is 16.5. The van der Waals surface area contributed by atoms with Crippen molar-refractivity contribution in [2.24, 2.45) is 0 Å². The molecule has 80 heavy (non-hydrogen) atoms. The van der Waals surface area contributed by atoms with Gasteiger partial charge in [0.1, 0.15) is 45.6 Å². The van der Waals surface area contributed by atoms with E-state index in [2.05, 4.69) is 162 Å². The van der Waals surface area contributed by atoms with Gasteiger partial charge in [-0.3, -0.25) is 0 Å². The quantitative estimate of drug-likeness (QED) is 0.0897. The molecule has 0 spiro atoms. The third-order valence-corrected chi connectivity index (χ3v) is 16.3. The van der Waals surface area contributed by atoms with Crippen LogP contribution in [-0.4, -0.2) is 66.3 Å². The summed E-state index contributed by atoms with van der Waals surface area (Å²) in [5.74, 6) is 4.85. The lowest BCUT2D eigenvalue weighted by Crippen LogP contribution is -2.01. The number of rotatable bonds is 16. The van der Waals surface area contributed by atoms with Crippen molar-refractivity contribution in [2.45, 2.75) is 107 Å². The Morgan fingerprint density at radius 3 is 0.887 bits per heavy atom. The van der Waals surface area contributed by atoms with E-state index in [1.54, 1.807) is 0 Å². The predicted molar refractivity (Wildman–Crippen MR) is 327 cm³/mol. The first-order valence-corrected chi connectivity index (χ1v) is 28.8. The van der Waals surface area contributed by atoms with E-state index >= 15 is 0 Å². The van der Waals surface area contributed by atoms with Crippen LogP contribution in [0.3, 0.4) is 0 Å². The van der Waals surface area contributed by atoms with Crippen LogP contribution in [-0.2, 0) is 0 Å². The Kier molecular flexibility index (Phi) is 13.3. The predicted octanol–water partition coefficient (Wildman–Crippen LogP) is 17.4. The van der Waals surface area contributed by atoms with Gasteiger partial charge >= 0.3 is 0 Å². The number of fused-ring (bicyclic) bond motifs is 24. The molecule has 0 fully saturated rings. The molecule has 8 aromatic carbocycles. The molecular formula is C68H66N8O4. The second-order valence-corrected chi connectivity index (χ2v) is 21.4. The SMILES string of the molecule is CCCCOc1c2c(c(C)c3ccccc13)-c1nc-2nc2[nH]c(nc3nc(nc4[nH]c(n1)c1c(C)c5ccccc5c(OCCCC)c41)-c1c-3c(OCCCC)c3ccccc3c1C)c1c(OCCCC)c3ccccc3c(C)c21. The fourth-order valence-corrected chi connectivity index (χ4v) is 12.2. The third kappa shape index (κ3) is 8.16. The Labute approximate surface area is 465 Å². The number of hydrogen-bond acceptors (Lipinski definition) is 10. The number of ether oxygens (including phenoxy) is 4. The van der Waals surface area contributed by atoms with Gasteiger partial charge in [0.25, 0.3) is 0 Å². The number of aromatic amines is 2. The molecule has 2 aliphatic rings. The largest absolute Gasteiger partial charge is 0.492 e. The summed E-state index contributed by atoms with van der Waals surface area (Å²) < 4.78 is 28.0. The number of benzene rings is 8. The van der Waals surface area contributed by atoms with Gasteiger partial charge < -0.3 is 28.9 Å². The highest BCUT2D eigenvalue weighted by Crippen LogP contribution is 2.52. The van der Waals surface area contributed by atoms with E-state index in [-0.39, 0.29) is 0 Å². The molecule has 12 heteroatoms. The van der Waals surface area contributed by atoms with Crippen molar-refractivity contribution < 1.29 is 18.9 Å². The summed E-state index contributed by atoms with van der Waals surface area (Å²) in [6.45, 7) is 19.5. The van der Waals surface area contributed by atoms with Crippen LogP contribution in [0.25, 0.3) is 133 Å². The zero-order chi connectivity index (χ0) is 54.8. The van der Waals surface area contributed by atoms with Crippen LogP contribution in [0.15, 0.2) is 97.1 Å². The van der Waals surface area contributed by atoms with Gasteiger partial charge in [0.15, 0.2) is 23.3 Å².